The van der Waals surface area contributed by atoms with Crippen LogP contribution in [0.1, 0.15) is 52.7 Å². The van der Waals surface area contributed by atoms with Gasteiger partial charge in [-0.15, -0.1) is 57.7 Å². The number of rotatable bonds is 5. The molecule has 0 bridgehead atoms. The SMILES string of the molecule is CC(C)(C)c1cccc(N2[CH-]N(c3[c-]c(Sc4[c-]c5c(cc4)-c4ccccc4-c4cnccc4N5c4cc(C(C)(C)C)ccn4)ccc3)c3ccccc32)c1.[Pd]. The fraction of sp³-hybridized carbons (Fsp3) is 0.163. The van der Waals surface area contributed by atoms with Gasteiger partial charge >= 0.3 is 0 Å². The fourth-order valence-corrected chi connectivity index (χ4v) is 8.23. The third-order valence-electron chi connectivity index (χ3n) is 10.4. The van der Waals surface area contributed by atoms with Crippen LogP contribution in [0.15, 0.2) is 150 Å². The second kappa shape index (κ2) is 14.7. The van der Waals surface area contributed by atoms with E-state index in [1.807, 2.05) is 18.6 Å². The Kier molecular flexibility index (Phi) is 9.91. The number of hydrogen-bond acceptors (Lipinski definition) is 6. The second-order valence-electron chi connectivity index (χ2n) is 16.2. The number of aromatic nitrogens is 2. The monoisotopic (exact) mass is 838 g/mol. The molecular formula is C49H42N5PdS-3. The summed E-state index contributed by atoms with van der Waals surface area (Å²) in [6.07, 6.45) is 5.75. The van der Waals surface area contributed by atoms with Crippen LogP contribution in [0, 0.1) is 18.8 Å². The van der Waals surface area contributed by atoms with Gasteiger partial charge in [0.15, 0.2) is 0 Å². The summed E-state index contributed by atoms with van der Waals surface area (Å²) in [6.45, 7) is 15.7. The van der Waals surface area contributed by atoms with Crippen LogP contribution >= 0.6 is 11.8 Å². The van der Waals surface area contributed by atoms with Crippen molar-refractivity contribution in [3.05, 3.63) is 170 Å². The number of anilines is 7. The molecule has 0 unspecified atom stereocenters. The third-order valence-corrected chi connectivity index (χ3v) is 11.3. The second-order valence-corrected chi connectivity index (χ2v) is 17.2. The average Bonchev–Trinajstić information content (AvgIpc) is 3.53. The fourth-order valence-electron chi connectivity index (χ4n) is 7.41. The van der Waals surface area contributed by atoms with Crippen LogP contribution in [0.3, 0.4) is 0 Å². The Morgan fingerprint density at radius 1 is 0.571 bits per heavy atom. The van der Waals surface area contributed by atoms with E-state index in [9.17, 15) is 0 Å². The van der Waals surface area contributed by atoms with E-state index in [1.54, 1.807) is 11.8 Å². The molecule has 0 aliphatic carbocycles. The van der Waals surface area contributed by atoms with Gasteiger partial charge in [-0.05, 0) is 70.0 Å². The van der Waals surface area contributed by atoms with Gasteiger partial charge in [-0.25, -0.2) is 4.98 Å². The Balaban J connectivity index is 0.00000441. The van der Waals surface area contributed by atoms with Crippen LogP contribution in [0.5, 0.6) is 0 Å². The zero-order valence-corrected chi connectivity index (χ0v) is 34.7. The molecule has 282 valence electrons. The smallest absolute Gasteiger partial charge is 0.135 e. The summed E-state index contributed by atoms with van der Waals surface area (Å²) < 4.78 is 0. The van der Waals surface area contributed by atoms with Crippen molar-refractivity contribution >= 4 is 51.7 Å². The maximum atomic E-state index is 4.97. The van der Waals surface area contributed by atoms with Crippen molar-refractivity contribution in [1.29, 1.82) is 0 Å². The van der Waals surface area contributed by atoms with E-state index in [2.05, 4.69) is 201 Å². The van der Waals surface area contributed by atoms with Gasteiger partial charge in [0.1, 0.15) is 5.82 Å². The molecule has 2 aliphatic rings. The minimum Gasteiger partial charge on any atom is -0.493 e. The molecule has 0 fully saturated rings. The van der Waals surface area contributed by atoms with Crippen LogP contribution < -0.4 is 14.7 Å². The molecule has 0 saturated heterocycles. The molecule has 2 aromatic heterocycles. The minimum absolute atomic E-state index is 0. The van der Waals surface area contributed by atoms with Crippen molar-refractivity contribution in [2.45, 2.75) is 62.2 Å². The van der Waals surface area contributed by atoms with Gasteiger partial charge in [-0.2, -0.15) is 24.3 Å². The van der Waals surface area contributed by atoms with Crippen molar-refractivity contribution in [3.8, 4) is 22.3 Å². The van der Waals surface area contributed by atoms with Crippen LogP contribution in [0.25, 0.3) is 22.3 Å². The number of nitrogens with zero attached hydrogens (tertiary/aromatic N) is 5. The van der Waals surface area contributed by atoms with Gasteiger partial charge in [0.05, 0.1) is 5.69 Å². The molecule has 7 heteroatoms. The predicted octanol–water partition coefficient (Wildman–Crippen LogP) is 13.3. The van der Waals surface area contributed by atoms with Crippen molar-refractivity contribution in [2.24, 2.45) is 0 Å². The molecule has 0 saturated carbocycles. The Hall–Kier alpha value is -5.19. The molecule has 7 aromatic rings. The summed E-state index contributed by atoms with van der Waals surface area (Å²) in [6, 6.07) is 50.8. The maximum absolute atomic E-state index is 4.97. The van der Waals surface area contributed by atoms with Gasteiger partial charge < -0.3 is 14.7 Å². The minimum atomic E-state index is -0.0422. The number of para-hydroxylation sites is 2. The summed E-state index contributed by atoms with van der Waals surface area (Å²) in [5.41, 5.74) is 13.3. The quantitative estimate of drug-likeness (QED) is 0.127. The largest absolute Gasteiger partial charge is 0.493 e. The van der Waals surface area contributed by atoms with E-state index in [1.165, 1.54) is 11.1 Å². The predicted molar refractivity (Wildman–Crippen MR) is 228 cm³/mol. The normalized spacial score (nSPS) is 13.3. The van der Waals surface area contributed by atoms with Crippen LogP contribution in [-0.4, -0.2) is 9.97 Å². The standard InChI is InChI=1S/C49H42N5S.Pd/c1-48(2,3)33-13-11-14-35(27-33)52-32-53(45-20-10-9-19-44(45)52)36-15-12-16-37(29-36)55-38-21-22-41-39-17-7-8-18-40(39)42-31-50-25-24-43(42)54(46(41)30-38)47-28-34(23-26-51-47)49(4,5)6;/h7-28,31-32H,1-6H3;/q-3;. The van der Waals surface area contributed by atoms with Gasteiger partial charge in [-0.3, -0.25) is 4.98 Å². The van der Waals surface area contributed by atoms with Gasteiger partial charge in [0.2, 0.25) is 0 Å². The van der Waals surface area contributed by atoms with E-state index in [0.29, 0.717) is 0 Å². The van der Waals surface area contributed by atoms with Crippen molar-refractivity contribution in [3.63, 3.8) is 0 Å². The number of hydrogen-bond donors (Lipinski definition) is 0. The molecule has 0 atom stereocenters. The first-order chi connectivity index (χ1) is 26.5. The Labute approximate surface area is 349 Å². The van der Waals surface area contributed by atoms with Gasteiger partial charge in [-0.1, -0.05) is 101 Å². The molecule has 5 nitrogen and oxygen atoms in total. The molecule has 56 heavy (non-hydrogen) atoms. The van der Waals surface area contributed by atoms with E-state index in [4.69, 9.17) is 4.98 Å². The third kappa shape index (κ3) is 6.94. The Bertz CT molecular complexity index is 2570. The molecule has 2 aliphatic heterocycles. The topological polar surface area (TPSA) is 35.5 Å². The number of fused-ring (bicyclic) bond motifs is 6. The summed E-state index contributed by atoms with van der Waals surface area (Å²) in [7, 11) is 0. The van der Waals surface area contributed by atoms with Crippen LogP contribution in [0.2, 0.25) is 0 Å². The first-order valence-electron chi connectivity index (χ1n) is 18.7. The van der Waals surface area contributed by atoms with E-state index >= 15 is 0 Å². The first kappa shape index (κ1) is 37.7. The van der Waals surface area contributed by atoms with E-state index < -0.39 is 0 Å². The van der Waals surface area contributed by atoms with Gasteiger partial charge in [0.25, 0.3) is 0 Å². The Morgan fingerprint density at radius 3 is 2.02 bits per heavy atom. The van der Waals surface area contributed by atoms with E-state index in [-0.39, 0.29) is 31.3 Å². The zero-order chi connectivity index (χ0) is 37.9. The average molecular weight is 839 g/mol. The molecular weight excluding hydrogens is 797 g/mol. The molecule has 0 amide bonds. The number of benzene rings is 5. The van der Waals surface area contributed by atoms with Crippen LogP contribution in [0.4, 0.5) is 39.9 Å². The van der Waals surface area contributed by atoms with Crippen molar-refractivity contribution in [1.82, 2.24) is 9.97 Å². The zero-order valence-electron chi connectivity index (χ0n) is 32.3. The molecule has 5 aromatic carbocycles. The molecule has 4 heterocycles. The maximum Gasteiger partial charge on any atom is 0.135 e. The number of pyridine rings is 2. The summed E-state index contributed by atoms with van der Waals surface area (Å²) >= 11 is 1.67. The van der Waals surface area contributed by atoms with E-state index in [0.717, 1.165) is 72.0 Å². The summed E-state index contributed by atoms with van der Waals surface area (Å²) in [4.78, 5) is 18.3. The molecule has 0 N–H and O–H groups in total. The summed E-state index contributed by atoms with van der Waals surface area (Å²) in [5.74, 6) is 0.849. The van der Waals surface area contributed by atoms with Crippen molar-refractivity contribution < 1.29 is 20.4 Å². The molecule has 9 rings (SSSR count). The molecule has 0 radical (unpaired) electrons. The van der Waals surface area contributed by atoms with Gasteiger partial charge in [0, 0.05) is 61.6 Å². The summed E-state index contributed by atoms with van der Waals surface area (Å²) in [5, 5.41) is 0. The Morgan fingerprint density at radius 2 is 1.25 bits per heavy atom. The molecule has 0 spiro atoms. The van der Waals surface area contributed by atoms with Crippen molar-refractivity contribution in [2.75, 3.05) is 14.7 Å². The first-order valence-corrected chi connectivity index (χ1v) is 19.5. The van der Waals surface area contributed by atoms with Crippen LogP contribution in [-0.2, 0) is 31.3 Å².